The van der Waals surface area contributed by atoms with Gasteiger partial charge in [-0.15, -0.1) is 0 Å². The van der Waals surface area contributed by atoms with Gasteiger partial charge < -0.3 is 20.3 Å². The van der Waals surface area contributed by atoms with Crippen molar-refractivity contribution in [2.24, 2.45) is 0 Å². The standard InChI is InChI=1S/C63H123NO5/c1-3-5-7-9-11-13-15-16-17-18-19-20-21-23-26-29-32-36-39-43-47-51-55-61(66)60(59-65)64-62(67)56-52-48-44-40-37-33-30-27-24-22-25-28-31-34-38-42-46-50-54-58-69-63(68)57-53-49-45-41-35-14-12-10-8-6-4-2/h22,24,60-61,65-66H,3-21,23,25-59H2,1-2H3,(H,64,67)/b24-22-. The zero-order valence-electron chi connectivity index (χ0n) is 46.8. The number of hydrogen-bond acceptors (Lipinski definition) is 5. The molecule has 410 valence electrons. The van der Waals surface area contributed by atoms with Crippen LogP contribution in [0.4, 0.5) is 0 Å². The Morgan fingerprint density at radius 1 is 0.391 bits per heavy atom. The lowest BCUT2D eigenvalue weighted by atomic mass is 10.0. The van der Waals surface area contributed by atoms with E-state index >= 15 is 0 Å². The molecule has 0 aliphatic rings. The van der Waals surface area contributed by atoms with Crippen molar-refractivity contribution in [2.75, 3.05) is 13.2 Å². The molecule has 0 saturated heterocycles. The van der Waals surface area contributed by atoms with E-state index in [0.29, 0.717) is 25.9 Å². The SMILES string of the molecule is CCCCCCCCCCCCCCCCCCCCCCCCC(O)C(CO)NC(=O)CCCCCCCCC/C=C\CCCCCCCCCCOC(=O)CCCCCCCCCCCCC. The van der Waals surface area contributed by atoms with Crippen LogP contribution in [0.1, 0.15) is 354 Å². The van der Waals surface area contributed by atoms with Crippen LogP contribution < -0.4 is 5.32 Å². The van der Waals surface area contributed by atoms with Gasteiger partial charge in [-0.2, -0.15) is 0 Å². The predicted octanol–water partition coefficient (Wildman–Crippen LogP) is 19.6. The Kier molecular flexibility index (Phi) is 58.0. The minimum atomic E-state index is -0.671. The number of carbonyl (C=O) groups is 2. The van der Waals surface area contributed by atoms with Gasteiger partial charge in [0.2, 0.25) is 5.91 Å². The number of amides is 1. The van der Waals surface area contributed by atoms with Crippen LogP contribution in [0.3, 0.4) is 0 Å². The molecule has 6 heteroatoms. The maximum Gasteiger partial charge on any atom is 0.305 e. The predicted molar refractivity (Wildman–Crippen MR) is 301 cm³/mol. The van der Waals surface area contributed by atoms with Gasteiger partial charge in [-0.1, -0.05) is 302 Å². The molecule has 0 aliphatic heterocycles. The van der Waals surface area contributed by atoms with Gasteiger partial charge in [0.1, 0.15) is 0 Å². The largest absolute Gasteiger partial charge is 0.466 e. The second-order valence-corrected chi connectivity index (χ2v) is 21.7. The normalized spacial score (nSPS) is 12.6. The third kappa shape index (κ3) is 55.8. The second kappa shape index (κ2) is 59.2. The van der Waals surface area contributed by atoms with Crippen LogP contribution in [0.5, 0.6) is 0 Å². The fourth-order valence-corrected chi connectivity index (χ4v) is 9.99. The first-order valence-corrected chi connectivity index (χ1v) is 31.4. The molecule has 0 spiro atoms. The number of hydrogen-bond donors (Lipinski definition) is 3. The van der Waals surface area contributed by atoms with Gasteiger partial charge in [0, 0.05) is 12.8 Å². The summed E-state index contributed by atoms with van der Waals surface area (Å²) in [5.74, 6) is -0.0359. The average Bonchev–Trinajstić information content (AvgIpc) is 3.35. The molecule has 0 rings (SSSR count). The third-order valence-electron chi connectivity index (χ3n) is 14.8. The lowest BCUT2D eigenvalue weighted by Crippen LogP contribution is -2.45. The lowest BCUT2D eigenvalue weighted by molar-refractivity contribution is -0.143. The van der Waals surface area contributed by atoms with Gasteiger partial charge >= 0.3 is 5.97 Å². The molecule has 69 heavy (non-hydrogen) atoms. The van der Waals surface area contributed by atoms with Gasteiger partial charge in [-0.25, -0.2) is 0 Å². The van der Waals surface area contributed by atoms with Crippen LogP contribution >= 0.6 is 0 Å². The molecular weight excluding hydrogens is 851 g/mol. The highest BCUT2D eigenvalue weighted by molar-refractivity contribution is 5.76. The van der Waals surface area contributed by atoms with Gasteiger partial charge in [0.05, 0.1) is 25.4 Å². The van der Waals surface area contributed by atoms with Crippen molar-refractivity contribution in [3.63, 3.8) is 0 Å². The number of nitrogens with one attached hydrogen (secondary N) is 1. The van der Waals surface area contributed by atoms with Gasteiger partial charge in [0.25, 0.3) is 0 Å². The van der Waals surface area contributed by atoms with Crippen molar-refractivity contribution < 1.29 is 24.5 Å². The van der Waals surface area contributed by atoms with Crippen molar-refractivity contribution in [3.8, 4) is 0 Å². The molecular formula is C63H123NO5. The summed E-state index contributed by atoms with van der Waals surface area (Å²) in [5.41, 5.74) is 0. The maximum absolute atomic E-state index is 12.5. The van der Waals surface area contributed by atoms with E-state index in [-0.39, 0.29) is 18.5 Å². The topological polar surface area (TPSA) is 95.9 Å². The summed E-state index contributed by atoms with van der Waals surface area (Å²) >= 11 is 0. The molecule has 0 aliphatic carbocycles. The highest BCUT2D eigenvalue weighted by Gasteiger charge is 2.20. The summed E-state index contributed by atoms with van der Waals surface area (Å²) in [6, 6.07) is -0.549. The molecule has 0 fully saturated rings. The van der Waals surface area contributed by atoms with E-state index in [4.69, 9.17) is 4.74 Å². The Balaban J connectivity index is 3.44. The van der Waals surface area contributed by atoms with Gasteiger partial charge in [-0.3, -0.25) is 9.59 Å². The van der Waals surface area contributed by atoms with E-state index in [0.717, 1.165) is 44.9 Å². The summed E-state index contributed by atoms with van der Waals surface area (Å²) in [6.45, 7) is 4.97. The maximum atomic E-state index is 12.5. The first-order valence-electron chi connectivity index (χ1n) is 31.4. The van der Waals surface area contributed by atoms with Crippen molar-refractivity contribution in [1.29, 1.82) is 0 Å². The van der Waals surface area contributed by atoms with Crippen molar-refractivity contribution in [3.05, 3.63) is 12.2 Å². The van der Waals surface area contributed by atoms with Crippen molar-refractivity contribution in [1.82, 2.24) is 5.32 Å². The summed E-state index contributed by atoms with van der Waals surface area (Å²) in [6.07, 6.45) is 70.8. The Morgan fingerprint density at radius 3 is 1.03 bits per heavy atom. The Bertz CT molecular complexity index is 1030. The number of unbranched alkanes of at least 4 members (excludes halogenated alkanes) is 46. The quantitative estimate of drug-likeness (QED) is 0.0321. The van der Waals surface area contributed by atoms with Crippen LogP contribution in [0.25, 0.3) is 0 Å². The monoisotopic (exact) mass is 974 g/mol. The number of ether oxygens (including phenoxy) is 1. The summed E-state index contributed by atoms with van der Waals surface area (Å²) in [4.78, 5) is 24.5. The molecule has 0 aromatic heterocycles. The molecule has 2 atom stereocenters. The van der Waals surface area contributed by atoms with Crippen LogP contribution in [-0.4, -0.2) is 47.4 Å². The molecule has 0 aromatic carbocycles. The number of aliphatic hydroxyl groups is 2. The van der Waals surface area contributed by atoms with E-state index in [9.17, 15) is 19.8 Å². The zero-order chi connectivity index (χ0) is 50.0. The van der Waals surface area contributed by atoms with E-state index in [2.05, 4.69) is 31.3 Å². The smallest absolute Gasteiger partial charge is 0.305 e. The van der Waals surface area contributed by atoms with Gasteiger partial charge in [-0.05, 0) is 51.4 Å². The summed E-state index contributed by atoms with van der Waals surface area (Å²) < 4.78 is 5.46. The van der Waals surface area contributed by atoms with Crippen molar-refractivity contribution >= 4 is 11.9 Å². The second-order valence-electron chi connectivity index (χ2n) is 21.7. The van der Waals surface area contributed by atoms with Crippen LogP contribution in [0, 0.1) is 0 Å². The third-order valence-corrected chi connectivity index (χ3v) is 14.8. The molecule has 0 heterocycles. The number of carbonyl (C=O) groups excluding carboxylic acids is 2. The molecule has 2 unspecified atom stereocenters. The fraction of sp³-hybridized carbons (Fsp3) is 0.937. The van der Waals surface area contributed by atoms with E-state index in [1.807, 2.05) is 0 Å². The number of rotatable bonds is 59. The Hall–Kier alpha value is -1.40. The minimum Gasteiger partial charge on any atom is -0.466 e. The molecule has 3 N–H and O–H groups in total. The van der Waals surface area contributed by atoms with E-state index < -0.39 is 12.1 Å². The lowest BCUT2D eigenvalue weighted by Gasteiger charge is -2.22. The molecule has 0 radical (unpaired) electrons. The van der Waals surface area contributed by atoms with E-state index in [1.54, 1.807) is 0 Å². The minimum absolute atomic E-state index is 0.00456. The van der Waals surface area contributed by atoms with Crippen LogP contribution in [0.2, 0.25) is 0 Å². The first kappa shape index (κ1) is 67.6. The number of aliphatic hydroxyl groups excluding tert-OH is 2. The fourth-order valence-electron chi connectivity index (χ4n) is 9.99. The van der Waals surface area contributed by atoms with Crippen molar-refractivity contribution in [2.45, 2.75) is 366 Å². The summed E-state index contributed by atoms with van der Waals surface area (Å²) in [5, 5.41) is 23.4. The molecule has 0 bridgehead atoms. The number of allylic oxidation sites excluding steroid dienone is 2. The van der Waals surface area contributed by atoms with Gasteiger partial charge in [0.15, 0.2) is 0 Å². The highest BCUT2D eigenvalue weighted by Crippen LogP contribution is 2.18. The zero-order valence-corrected chi connectivity index (χ0v) is 46.8. The number of esters is 1. The molecule has 6 nitrogen and oxygen atoms in total. The molecule has 1 amide bonds. The van der Waals surface area contributed by atoms with Crippen LogP contribution in [-0.2, 0) is 14.3 Å². The summed E-state index contributed by atoms with van der Waals surface area (Å²) in [7, 11) is 0. The average molecular weight is 975 g/mol. The Morgan fingerprint density at radius 2 is 0.681 bits per heavy atom. The van der Waals surface area contributed by atoms with E-state index in [1.165, 1.54) is 276 Å². The Labute approximate surface area is 431 Å². The first-order chi connectivity index (χ1) is 34.0. The van der Waals surface area contributed by atoms with Crippen LogP contribution in [0.15, 0.2) is 12.2 Å². The highest BCUT2D eigenvalue weighted by atomic mass is 16.5. The molecule has 0 saturated carbocycles. The molecule has 0 aromatic rings.